The number of nitrogens with zero attached hydrogens (tertiary/aromatic N) is 2. The van der Waals surface area contributed by atoms with Gasteiger partial charge in [-0.1, -0.05) is 18.5 Å². The van der Waals surface area contributed by atoms with E-state index >= 15 is 0 Å². The predicted molar refractivity (Wildman–Crippen MR) is 63.8 cm³/mol. The molecule has 1 fully saturated rings. The third-order valence-corrected chi connectivity index (χ3v) is 3.50. The fourth-order valence-corrected chi connectivity index (χ4v) is 2.12. The lowest BCUT2D eigenvalue weighted by molar-refractivity contribution is 0.379. The van der Waals surface area contributed by atoms with Crippen molar-refractivity contribution in [2.75, 3.05) is 18.0 Å². The van der Waals surface area contributed by atoms with Crippen molar-refractivity contribution in [3.8, 4) is 0 Å². The molecule has 1 aliphatic rings. The van der Waals surface area contributed by atoms with Crippen LogP contribution in [0.15, 0.2) is 11.0 Å². The van der Waals surface area contributed by atoms with Gasteiger partial charge in [0.25, 0.3) is 5.56 Å². The van der Waals surface area contributed by atoms with Crippen LogP contribution in [0.25, 0.3) is 0 Å². The van der Waals surface area contributed by atoms with E-state index in [4.69, 9.17) is 17.3 Å². The average Bonchev–Trinajstić information content (AvgIpc) is 2.26. The third kappa shape index (κ3) is 2.05. The van der Waals surface area contributed by atoms with E-state index in [-0.39, 0.29) is 16.6 Å². The number of aromatic amines is 1. The van der Waals surface area contributed by atoms with E-state index in [1.54, 1.807) is 6.20 Å². The van der Waals surface area contributed by atoms with Crippen molar-refractivity contribution < 1.29 is 0 Å². The summed E-state index contributed by atoms with van der Waals surface area (Å²) in [4.78, 5) is 13.3. The maximum Gasteiger partial charge on any atom is 0.285 e. The van der Waals surface area contributed by atoms with Gasteiger partial charge in [-0.3, -0.25) is 4.79 Å². The number of hydrogen-bond acceptors (Lipinski definition) is 4. The van der Waals surface area contributed by atoms with E-state index in [0.29, 0.717) is 18.2 Å². The highest BCUT2D eigenvalue weighted by Gasteiger charge is 2.25. The molecule has 2 heterocycles. The van der Waals surface area contributed by atoms with Gasteiger partial charge in [-0.15, -0.1) is 0 Å². The molecule has 0 radical (unpaired) electrons. The summed E-state index contributed by atoms with van der Waals surface area (Å²) in [7, 11) is 0. The van der Waals surface area contributed by atoms with Crippen LogP contribution < -0.4 is 16.2 Å². The van der Waals surface area contributed by atoms with Crippen LogP contribution in [0.4, 0.5) is 5.69 Å². The summed E-state index contributed by atoms with van der Waals surface area (Å²) < 4.78 is 0. The molecule has 0 saturated carbocycles. The Morgan fingerprint density at radius 2 is 2.44 bits per heavy atom. The Morgan fingerprint density at radius 3 is 3.12 bits per heavy atom. The first-order valence-electron chi connectivity index (χ1n) is 5.33. The molecule has 88 valence electrons. The fourth-order valence-electron chi connectivity index (χ4n) is 1.91. The monoisotopic (exact) mass is 242 g/mol. The lowest BCUT2D eigenvalue weighted by Crippen LogP contribution is -2.48. The van der Waals surface area contributed by atoms with Gasteiger partial charge in [-0.2, -0.15) is 5.10 Å². The van der Waals surface area contributed by atoms with Crippen LogP contribution in [-0.4, -0.2) is 29.3 Å². The molecule has 0 aromatic carbocycles. The van der Waals surface area contributed by atoms with Gasteiger partial charge >= 0.3 is 0 Å². The molecule has 3 N–H and O–H groups in total. The molecule has 5 nitrogen and oxygen atoms in total. The topological polar surface area (TPSA) is 75.0 Å². The van der Waals surface area contributed by atoms with E-state index in [2.05, 4.69) is 17.1 Å². The van der Waals surface area contributed by atoms with Crippen molar-refractivity contribution in [3.05, 3.63) is 21.6 Å². The van der Waals surface area contributed by atoms with Crippen LogP contribution in [0.2, 0.25) is 5.02 Å². The van der Waals surface area contributed by atoms with Crippen LogP contribution in [0, 0.1) is 5.92 Å². The van der Waals surface area contributed by atoms with Crippen molar-refractivity contribution in [1.82, 2.24) is 10.2 Å². The van der Waals surface area contributed by atoms with Gasteiger partial charge in [0.05, 0.1) is 11.9 Å². The summed E-state index contributed by atoms with van der Waals surface area (Å²) in [5, 5.41) is 6.25. The van der Waals surface area contributed by atoms with Crippen molar-refractivity contribution in [2.45, 2.75) is 19.4 Å². The first-order chi connectivity index (χ1) is 7.59. The second kappa shape index (κ2) is 4.43. The molecule has 2 unspecified atom stereocenters. The molecule has 0 bridgehead atoms. The van der Waals surface area contributed by atoms with Gasteiger partial charge in [0.2, 0.25) is 0 Å². The van der Waals surface area contributed by atoms with Crippen LogP contribution in [0.5, 0.6) is 0 Å². The van der Waals surface area contributed by atoms with Gasteiger partial charge in [0.15, 0.2) is 0 Å². The number of H-pyrrole nitrogens is 1. The highest BCUT2D eigenvalue weighted by atomic mass is 35.5. The van der Waals surface area contributed by atoms with Crippen LogP contribution >= 0.6 is 11.6 Å². The highest BCUT2D eigenvalue weighted by molar-refractivity contribution is 6.32. The predicted octanol–water partition coefficient (Wildman–Crippen LogP) is 0.597. The largest absolute Gasteiger partial charge is 0.367 e. The molecule has 1 aromatic heterocycles. The van der Waals surface area contributed by atoms with Gasteiger partial charge in [0, 0.05) is 19.1 Å². The Balaban J connectivity index is 2.25. The quantitative estimate of drug-likeness (QED) is 0.756. The van der Waals surface area contributed by atoms with Crippen molar-refractivity contribution in [3.63, 3.8) is 0 Å². The Hall–Kier alpha value is -1.07. The average molecular weight is 243 g/mol. The van der Waals surface area contributed by atoms with E-state index in [1.807, 2.05) is 4.90 Å². The zero-order chi connectivity index (χ0) is 11.7. The second-order valence-corrected chi connectivity index (χ2v) is 4.65. The molecule has 1 saturated heterocycles. The summed E-state index contributed by atoms with van der Waals surface area (Å²) in [6, 6.07) is 0.115. The van der Waals surface area contributed by atoms with E-state index in [9.17, 15) is 4.79 Å². The SMILES string of the molecule is CC1CCN(c2cn[nH]c(=O)c2Cl)CC1N. The summed E-state index contributed by atoms with van der Waals surface area (Å²) in [6.07, 6.45) is 2.58. The third-order valence-electron chi connectivity index (χ3n) is 3.13. The Morgan fingerprint density at radius 1 is 1.69 bits per heavy atom. The second-order valence-electron chi connectivity index (χ2n) is 4.27. The molecular formula is C10H15ClN4O. The number of piperidine rings is 1. The molecule has 0 spiro atoms. The molecule has 0 amide bonds. The smallest absolute Gasteiger partial charge is 0.285 e. The lowest BCUT2D eigenvalue weighted by Gasteiger charge is -2.36. The van der Waals surface area contributed by atoms with Crippen LogP contribution in [0.1, 0.15) is 13.3 Å². The van der Waals surface area contributed by atoms with Gasteiger partial charge < -0.3 is 10.6 Å². The van der Waals surface area contributed by atoms with Crippen molar-refractivity contribution in [1.29, 1.82) is 0 Å². The first-order valence-corrected chi connectivity index (χ1v) is 5.71. The number of hydrogen-bond donors (Lipinski definition) is 2. The lowest BCUT2D eigenvalue weighted by atomic mass is 9.94. The molecule has 2 rings (SSSR count). The number of halogens is 1. The summed E-state index contributed by atoms with van der Waals surface area (Å²) in [5.74, 6) is 0.505. The Bertz CT molecular complexity index is 433. The van der Waals surface area contributed by atoms with Crippen molar-refractivity contribution in [2.24, 2.45) is 11.7 Å². The minimum absolute atomic E-state index is 0.115. The zero-order valence-electron chi connectivity index (χ0n) is 9.11. The minimum Gasteiger partial charge on any atom is -0.367 e. The molecule has 6 heteroatoms. The van der Waals surface area contributed by atoms with E-state index in [0.717, 1.165) is 13.0 Å². The number of nitrogens with one attached hydrogen (secondary N) is 1. The number of nitrogens with two attached hydrogens (primary N) is 1. The van der Waals surface area contributed by atoms with E-state index in [1.165, 1.54) is 0 Å². The van der Waals surface area contributed by atoms with Gasteiger partial charge in [-0.25, -0.2) is 5.10 Å². The van der Waals surface area contributed by atoms with Gasteiger partial charge in [-0.05, 0) is 12.3 Å². The normalized spacial score (nSPS) is 25.8. The molecule has 0 aliphatic carbocycles. The molecule has 16 heavy (non-hydrogen) atoms. The summed E-state index contributed by atoms with van der Waals surface area (Å²) in [6.45, 7) is 3.71. The molecule has 1 aliphatic heterocycles. The summed E-state index contributed by atoms with van der Waals surface area (Å²) >= 11 is 5.94. The molecular weight excluding hydrogens is 228 g/mol. The number of rotatable bonds is 1. The van der Waals surface area contributed by atoms with E-state index < -0.39 is 0 Å². The first kappa shape index (κ1) is 11.4. The van der Waals surface area contributed by atoms with Crippen LogP contribution in [-0.2, 0) is 0 Å². The number of aromatic nitrogens is 2. The number of anilines is 1. The maximum atomic E-state index is 11.3. The van der Waals surface area contributed by atoms with Crippen molar-refractivity contribution >= 4 is 17.3 Å². The highest BCUT2D eigenvalue weighted by Crippen LogP contribution is 2.25. The Labute approximate surface area is 98.6 Å². The Kier molecular flexibility index (Phi) is 3.16. The fraction of sp³-hybridized carbons (Fsp3) is 0.600. The van der Waals surface area contributed by atoms with Crippen LogP contribution in [0.3, 0.4) is 0 Å². The summed E-state index contributed by atoms with van der Waals surface area (Å²) in [5.41, 5.74) is 6.32. The molecule has 2 atom stereocenters. The standard InChI is InChI=1S/C10H15ClN4O/c1-6-2-3-15(5-7(6)12)8-4-13-14-10(16)9(8)11/h4,6-7H,2-3,5,12H2,1H3,(H,14,16). The zero-order valence-corrected chi connectivity index (χ0v) is 9.87. The minimum atomic E-state index is -0.355. The maximum absolute atomic E-state index is 11.3. The van der Waals surface area contributed by atoms with Gasteiger partial charge in [0.1, 0.15) is 5.02 Å². The molecule has 1 aromatic rings.